The van der Waals surface area contributed by atoms with Gasteiger partial charge in [0, 0.05) is 11.9 Å². The number of aliphatic hydroxyl groups is 1. The number of carbonyl (C=O) groups is 1. The second kappa shape index (κ2) is 5.80. The van der Waals surface area contributed by atoms with Crippen molar-refractivity contribution >= 4 is 16.8 Å². The topological polar surface area (TPSA) is 53.7 Å². The average Bonchev–Trinajstić information content (AvgIpc) is 2.82. The van der Waals surface area contributed by atoms with E-state index in [4.69, 9.17) is 9.52 Å². The highest BCUT2D eigenvalue weighted by molar-refractivity contribution is 5.98. The van der Waals surface area contributed by atoms with Crippen molar-refractivity contribution in [3.8, 4) is 0 Å². The molecule has 1 heterocycles. The van der Waals surface area contributed by atoms with E-state index in [1.165, 1.54) is 0 Å². The molecule has 0 aliphatic carbocycles. The Kier molecular flexibility index (Phi) is 4.12. The molecule has 0 spiro atoms. The summed E-state index contributed by atoms with van der Waals surface area (Å²) in [5.74, 6) is 0.328. The van der Waals surface area contributed by atoms with E-state index in [1.807, 2.05) is 36.1 Å². The lowest BCUT2D eigenvalue weighted by molar-refractivity contribution is 0.0894. The quantitative estimate of drug-likeness (QED) is 0.792. The average molecular weight is 247 g/mol. The molecule has 0 aliphatic rings. The van der Waals surface area contributed by atoms with Crippen LogP contribution in [0.25, 0.3) is 11.0 Å². The summed E-state index contributed by atoms with van der Waals surface area (Å²) in [6, 6.07) is 9.32. The molecule has 0 bridgehead atoms. The van der Waals surface area contributed by atoms with Crippen LogP contribution in [0.5, 0.6) is 0 Å². The van der Waals surface area contributed by atoms with Gasteiger partial charge in [0.1, 0.15) is 5.58 Å². The van der Waals surface area contributed by atoms with Crippen molar-refractivity contribution in [1.29, 1.82) is 0 Å². The molecular formula is C14H17NO3. The minimum atomic E-state index is -0.0542. The number of para-hydroxylation sites is 1. The summed E-state index contributed by atoms with van der Waals surface area (Å²) in [6.07, 6.45) is 0. The van der Waals surface area contributed by atoms with Crippen LogP contribution >= 0.6 is 0 Å². The van der Waals surface area contributed by atoms with Gasteiger partial charge in [-0.15, -0.1) is 0 Å². The van der Waals surface area contributed by atoms with Crippen LogP contribution in [0.1, 0.15) is 17.5 Å². The highest BCUT2D eigenvalue weighted by Crippen LogP contribution is 2.19. The zero-order chi connectivity index (χ0) is 13.0. The minimum absolute atomic E-state index is 0.0542. The molecule has 4 nitrogen and oxygen atoms in total. The number of ketones is 1. The molecule has 0 fully saturated rings. The lowest BCUT2D eigenvalue weighted by atomic mass is 10.2. The van der Waals surface area contributed by atoms with Crippen LogP contribution < -0.4 is 0 Å². The van der Waals surface area contributed by atoms with E-state index in [9.17, 15) is 4.79 Å². The Bertz CT molecular complexity index is 500. The van der Waals surface area contributed by atoms with Crippen molar-refractivity contribution in [2.75, 3.05) is 26.2 Å². The molecule has 0 saturated carbocycles. The molecule has 1 N–H and O–H groups in total. The van der Waals surface area contributed by atoms with Crippen LogP contribution in [0.15, 0.2) is 34.7 Å². The number of carbonyl (C=O) groups excluding carboxylic acids is 1. The monoisotopic (exact) mass is 247 g/mol. The number of fused-ring (bicyclic) bond motifs is 1. The third-order valence-electron chi connectivity index (χ3n) is 2.93. The number of Topliss-reactive ketones (excluding diaryl/α,β-unsaturated/α-hetero) is 1. The van der Waals surface area contributed by atoms with E-state index in [0.29, 0.717) is 12.3 Å². The van der Waals surface area contributed by atoms with Crippen molar-refractivity contribution in [3.05, 3.63) is 36.1 Å². The first-order chi connectivity index (χ1) is 8.74. The van der Waals surface area contributed by atoms with Gasteiger partial charge in [0.25, 0.3) is 0 Å². The van der Waals surface area contributed by atoms with E-state index >= 15 is 0 Å². The Morgan fingerprint density at radius 1 is 1.39 bits per heavy atom. The largest absolute Gasteiger partial charge is 0.453 e. The van der Waals surface area contributed by atoms with Gasteiger partial charge in [0.15, 0.2) is 5.76 Å². The molecule has 96 valence electrons. The predicted octanol–water partition coefficient (Wildman–Crippen LogP) is 1.93. The number of aliphatic hydroxyl groups excluding tert-OH is 1. The van der Waals surface area contributed by atoms with Crippen LogP contribution in [-0.2, 0) is 0 Å². The van der Waals surface area contributed by atoms with Crippen LogP contribution in [0.3, 0.4) is 0 Å². The number of rotatable bonds is 6. The number of likely N-dealkylation sites (N-methyl/N-ethyl adjacent to an activating group) is 1. The summed E-state index contributed by atoms with van der Waals surface area (Å²) in [5.41, 5.74) is 0.728. The minimum Gasteiger partial charge on any atom is -0.453 e. The molecule has 4 heteroatoms. The molecule has 1 aromatic heterocycles. The SMILES string of the molecule is CCN(CCO)CC(=O)c1cc2ccccc2o1. The molecule has 18 heavy (non-hydrogen) atoms. The number of hydrogen-bond acceptors (Lipinski definition) is 4. The van der Waals surface area contributed by atoms with Gasteiger partial charge in [-0.05, 0) is 18.7 Å². The molecule has 0 atom stereocenters. The van der Waals surface area contributed by atoms with E-state index < -0.39 is 0 Å². The second-order valence-electron chi connectivity index (χ2n) is 4.16. The summed E-state index contributed by atoms with van der Waals surface area (Å²) in [5, 5.41) is 9.83. The first-order valence-electron chi connectivity index (χ1n) is 6.09. The number of hydrogen-bond donors (Lipinski definition) is 1. The van der Waals surface area contributed by atoms with Gasteiger partial charge in [-0.3, -0.25) is 9.69 Å². The zero-order valence-corrected chi connectivity index (χ0v) is 10.4. The molecule has 2 aromatic rings. The Hall–Kier alpha value is -1.65. The number of benzene rings is 1. The maximum Gasteiger partial charge on any atom is 0.211 e. The van der Waals surface area contributed by atoms with Crippen LogP contribution in [-0.4, -0.2) is 42.0 Å². The molecule has 0 saturated heterocycles. The highest BCUT2D eigenvalue weighted by Gasteiger charge is 2.15. The summed E-state index contributed by atoms with van der Waals surface area (Å²) < 4.78 is 5.51. The number of nitrogens with zero attached hydrogens (tertiary/aromatic N) is 1. The van der Waals surface area contributed by atoms with Crippen molar-refractivity contribution in [2.24, 2.45) is 0 Å². The van der Waals surface area contributed by atoms with Gasteiger partial charge in [-0.2, -0.15) is 0 Å². The molecule has 0 unspecified atom stereocenters. The maximum atomic E-state index is 12.0. The molecule has 0 aliphatic heterocycles. The summed E-state index contributed by atoms with van der Waals surface area (Å²) in [7, 11) is 0. The van der Waals surface area contributed by atoms with Crippen molar-refractivity contribution in [2.45, 2.75) is 6.92 Å². The molecule has 0 radical (unpaired) electrons. The third kappa shape index (κ3) is 2.78. The Balaban J connectivity index is 2.13. The molecule has 0 amide bonds. The van der Waals surface area contributed by atoms with E-state index in [2.05, 4.69) is 0 Å². The summed E-state index contributed by atoms with van der Waals surface area (Å²) >= 11 is 0. The number of furan rings is 1. The van der Waals surface area contributed by atoms with E-state index in [0.717, 1.165) is 17.5 Å². The Morgan fingerprint density at radius 3 is 2.83 bits per heavy atom. The van der Waals surface area contributed by atoms with Crippen molar-refractivity contribution in [3.63, 3.8) is 0 Å². The van der Waals surface area contributed by atoms with Crippen LogP contribution in [0, 0.1) is 0 Å². The first-order valence-corrected chi connectivity index (χ1v) is 6.09. The van der Waals surface area contributed by atoms with Crippen molar-refractivity contribution < 1.29 is 14.3 Å². The van der Waals surface area contributed by atoms with Crippen LogP contribution in [0.2, 0.25) is 0 Å². The fraction of sp³-hybridized carbons (Fsp3) is 0.357. The molecular weight excluding hydrogens is 230 g/mol. The Morgan fingerprint density at radius 2 is 2.17 bits per heavy atom. The first kappa shape index (κ1) is 12.8. The van der Waals surface area contributed by atoms with Gasteiger partial charge in [0.05, 0.1) is 13.2 Å². The summed E-state index contributed by atoms with van der Waals surface area (Å²) in [6.45, 7) is 3.52. The van der Waals surface area contributed by atoms with E-state index in [-0.39, 0.29) is 18.9 Å². The van der Waals surface area contributed by atoms with Gasteiger partial charge in [-0.25, -0.2) is 0 Å². The Labute approximate surface area is 106 Å². The molecule has 1 aromatic carbocycles. The van der Waals surface area contributed by atoms with Gasteiger partial charge < -0.3 is 9.52 Å². The standard InChI is InChI=1S/C14H17NO3/c1-2-15(7-8-16)10-12(17)14-9-11-5-3-4-6-13(11)18-14/h3-6,9,16H,2,7-8,10H2,1H3. The fourth-order valence-electron chi connectivity index (χ4n) is 1.89. The van der Waals surface area contributed by atoms with Gasteiger partial charge in [-0.1, -0.05) is 25.1 Å². The smallest absolute Gasteiger partial charge is 0.211 e. The summed E-state index contributed by atoms with van der Waals surface area (Å²) in [4.78, 5) is 13.9. The molecule has 2 rings (SSSR count). The second-order valence-corrected chi connectivity index (χ2v) is 4.16. The zero-order valence-electron chi connectivity index (χ0n) is 10.4. The normalized spacial score (nSPS) is 11.3. The highest BCUT2D eigenvalue weighted by atomic mass is 16.3. The predicted molar refractivity (Wildman–Crippen MR) is 69.7 cm³/mol. The lowest BCUT2D eigenvalue weighted by Gasteiger charge is -2.16. The maximum absolute atomic E-state index is 12.0. The third-order valence-corrected chi connectivity index (χ3v) is 2.93. The van der Waals surface area contributed by atoms with E-state index in [1.54, 1.807) is 6.07 Å². The lowest BCUT2D eigenvalue weighted by Crippen LogP contribution is -2.32. The fourth-order valence-corrected chi connectivity index (χ4v) is 1.89. The van der Waals surface area contributed by atoms with Gasteiger partial charge >= 0.3 is 0 Å². The van der Waals surface area contributed by atoms with Crippen LogP contribution in [0.4, 0.5) is 0 Å². The van der Waals surface area contributed by atoms with Gasteiger partial charge in [0.2, 0.25) is 5.78 Å². The van der Waals surface area contributed by atoms with Crippen molar-refractivity contribution in [1.82, 2.24) is 4.90 Å².